The van der Waals surface area contributed by atoms with Gasteiger partial charge in [0.2, 0.25) is 5.88 Å². The van der Waals surface area contributed by atoms with Gasteiger partial charge in [0.05, 0.1) is 12.7 Å². The molecule has 1 aromatic heterocycles. The number of piperidine rings is 2. The van der Waals surface area contributed by atoms with Gasteiger partial charge in [0.25, 0.3) is 5.91 Å². The molecule has 2 aromatic rings. The summed E-state index contributed by atoms with van der Waals surface area (Å²) in [5.74, 6) is 1.03. The number of carbonyl (C=O) groups excluding carboxylic acids is 1. The van der Waals surface area contributed by atoms with Crippen LogP contribution < -0.4 is 4.74 Å². The van der Waals surface area contributed by atoms with Crippen molar-refractivity contribution in [1.29, 1.82) is 0 Å². The van der Waals surface area contributed by atoms with Crippen LogP contribution >= 0.6 is 0 Å². The zero-order valence-electron chi connectivity index (χ0n) is 20.3. The number of aliphatic hydroxyl groups is 1. The van der Waals surface area contributed by atoms with E-state index < -0.39 is 11.8 Å². The molecule has 0 radical (unpaired) electrons. The van der Waals surface area contributed by atoms with Crippen molar-refractivity contribution in [2.24, 2.45) is 5.92 Å². The molecule has 2 aliphatic rings. The molecule has 2 aliphatic heterocycles. The molecule has 2 saturated heterocycles. The van der Waals surface area contributed by atoms with Crippen LogP contribution in [0.4, 0.5) is 4.39 Å². The molecule has 34 heavy (non-hydrogen) atoms. The minimum absolute atomic E-state index is 0.0357. The van der Waals surface area contributed by atoms with E-state index in [0.717, 1.165) is 49.9 Å². The lowest BCUT2D eigenvalue weighted by Gasteiger charge is -2.34. The van der Waals surface area contributed by atoms with E-state index in [1.807, 2.05) is 36.4 Å². The summed E-state index contributed by atoms with van der Waals surface area (Å²) in [6.07, 6.45) is 4.98. The number of carbonyl (C=O) groups is 1. The molecule has 0 aliphatic carbocycles. The number of hydrogen-bond acceptors (Lipinski definition) is 5. The second-order valence-corrected chi connectivity index (χ2v) is 10.3. The van der Waals surface area contributed by atoms with E-state index in [1.54, 1.807) is 24.9 Å². The molecule has 184 valence electrons. The topological polar surface area (TPSA) is 65.9 Å². The van der Waals surface area contributed by atoms with Crippen molar-refractivity contribution >= 4 is 5.91 Å². The number of halogens is 1. The number of benzene rings is 1. The van der Waals surface area contributed by atoms with Crippen LogP contribution in [0.25, 0.3) is 11.1 Å². The van der Waals surface area contributed by atoms with E-state index in [4.69, 9.17) is 4.74 Å². The van der Waals surface area contributed by atoms with Crippen molar-refractivity contribution in [1.82, 2.24) is 14.8 Å². The maximum Gasteiger partial charge on any atom is 0.253 e. The molecular formula is C27H36FN3O3. The molecular weight excluding hydrogens is 433 g/mol. The quantitative estimate of drug-likeness (QED) is 0.659. The van der Waals surface area contributed by atoms with Crippen LogP contribution in [0.1, 0.15) is 49.9 Å². The molecule has 1 atom stereocenters. The van der Waals surface area contributed by atoms with Gasteiger partial charge in [-0.2, -0.15) is 0 Å². The molecule has 1 aromatic carbocycles. The molecule has 2 fully saturated rings. The van der Waals surface area contributed by atoms with Gasteiger partial charge in [0, 0.05) is 43.0 Å². The van der Waals surface area contributed by atoms with Gasteiger partial charge in [-0.25, -0.2) is 9.37 Å². The van der Waals surface area contributed by atoms with Gasteiger partial charge in [-0.05, 0) is 82.3 Å². The van der Waals surface area contributed by atoms with Gasteiger partial charge in [0.15, 0.2) is 0 Å². The van der Waals surface area contributed by atoms with Crippen LogP contribution in [-0.2, 0) is 0 Å². The zero-order chi connectivity index (χ0) is 24.1. The highest BCUT2D eigenvalue weighted by Gasteiger charge is 2.26. The van der Waals surface area contributed by atoms with Crippen LogP contribution in [0, 0.1) is 5.92 Å². The summed E-state index contributed by atoms with van der Waals surface area (Å²) in [4.78, 5) is 21.1. The maximum absolute atomic E-state index is 13.8. The lowest BCUT2D eigenvalue weighted by molar-refractivity contribution is 0.0474. The number of β-amino-alcohol motifs (C(OH)–C–C–N with tert-alkyl or cyclic N) is 1. The number of aromatic nitrogens is 1. The van der Waals surface area contributed by atoms with Gasteiger partial charge in [-0.1, -0.05) is 12.1 Å². The van der Waals surface area contributed by atoms with Crippen molar-refractivity contribution in [3.63, 3.8) is 0 Å². The Labute approximate surface area is 201 Å². The second kappa shape index (κ2) is 10.8. The average molecular weight is 470 g/mol. The third-order valence-electron chi connectivity index (χ3n) is 6.66. The third kappa shape index (κ3) is 6.76. The fourth-order valence-electron chi connectivity index (χ4n) is 4.81. The first-order chi connectivity index (χ1) is 16.3. The Morgan fingerprint density at radius 1 is 1.09 bits per heavy atom. The Bertz CT molecular complexity index is 935. The first kappa shape index (κ1) is 24.6. The largest absolute Gasteiger partial charge is 0.477 e. The molecule has 7 heteroatoms. The Hall–Kier alpha value is -2.51. The summed E-state index contributed by atoms with van der Waals surface area (Å²) in [6, 6.07) is 11.4. The Kier molecular flexibility index (Phi) is 7.84. The van der Waals surface area contributed by atoms with Crippen LogP contribution in [0.2, 0.25) is 0 Å². The van der Waals surface area contributed by atoms with Gasteiger partial charge in [-0.15, -0.1) is 0 Å². The summed E-state index contributed by atoms with van der Waals surface area (Å²) in [6.45, 7) is 7.29. The molecule has 1 amide bonds. The fraction of sp³-hybridized carbons (Fsp3) is 0.556. The number of pyridine rings is 1. The number of aliphatic hydroxyl groups excluding tert-OH is 1. The number of hydrogen-bond donors (Lipinski definition) is 1. The summed E-state index contributed by atoms with van der Waals surface area (Å²) in [7, 11) is 0. The minimum Gasteiger partial charge on any atom is -0.477 e. The van der Waals surface area contributed by atoms with Gasteiger partial charge in [-0.3, -0.25) is 4.79 Å². The summed E-state index contributed by atoms with van der Waals surface area (Å²) >= 11 is 0. The predicted octanol–water partition coefficient (Wildman–Crippen LogP) is 4.18. The molecule has 3 heterocycles. The van der Waals surface area contributed by atoms with Crippen molar-refractivity contribution in [3.05, 3.63) is 48.2 Å². The number of alkyl halides is 1. The second-order valence-electron chi connectivity index (χ2n) is 10.3. The summed E-state index contributed by atoms with van der Waals surface area (Å²) in [5, 5.41) is 9.82. The minimum atomic E-state index is -1.15. The van der Waals surface area contributed by atoms with E-state index in [0.29, 0.717) is 43.6 Å². The number of ether oxygens (including phenoxy) is 1. The zero-order valence-corrected chi connectivity index (χ0v) is 20.3. The summed E-state index contributed by atoms with van der Waals surface area (Å²) in [5.41, 5.74) is 1.42. The SMILES string of the molecule is CC(C)(F)CN1CCC(COc2ccc(-c3ccc(C(=O)N4CCC[C@H](O)C4)cc3)cn2)CC1. The van der Waals surface area contributed by atoms with Gasteiger partial charge >= 0.3 is 0 Å². The number of nitrogens with zero attached hydrogens (tertiary/aromatic N) is 3. The lowest BCUT2D eigenvalue weighted by Crippen LogP contribution is -2.42. The molecule has 6 nitrogen and oxygen atoms in total. The third-order valence-corrected chi connectivity index (χ3v) is 6.66. The Balaban J connectivity index is 1.26. The maximum atomic E-state index is 13.8. The average Bonchev–Trinajstić information content (AvgIpc) is 2.83. The van der Waals surface area contributed by atoms with Crippen molar-refractivity contribution in [2.75, 3.05) is 39.3 Å². The van der Waals surface area contributed by atoms with E-state index >= 15 is 0 Å². The fourth-order valence-corrected chi connectivity index (χ4v) is 4.81. The van der Waals surface area contributed by atoms with Crippen LogP contribution in [0.15, 0.2) is 42.6 Å². The summed E-state index contributed by atoms with van der Waals surface area (Å²) < 4.78 is 19.8. The van der Waals surface area contributed by atoms with Crippen molar-refractivity contribution in [3.8, 4) is 17.0 Å². The molecule has 0 spiro atoms. The highest BCUT2D eigenvalue weighted by atomic mass is 19.1. The van der Waals surface area contributed by atoms with Crippen molar-refractivity contribution in [2.45, 2.75) is 51.3 Å². The highest BCUT2D eigenvalue weighted by molar-refractivity contribution is 5.94. The predicted molar refractivity (Wildman–Crippen MR) is 131 cm³/mol. The standard InChI is InChI=1S/C27H36FN3O3/c1-27(2,28)19-30-14-11-20(12-15-30)18-34-25-10-9-23(16-29-25)21-5-7-22(8-6-21)26(33)31-13-3-4-24(32)17-31/h5-10,16,20,24,32H,3-4,11-15,17-19H2,1-2H3/t24-/m0/s1. The van der Waals surface area contributed by atoms with Gasteiger partial charge in [0.1, 0.15) is 5.67 Å². The molecule has 0 unspecified atom stereocenters. The van der Waals surface area contributed by atoms with Crippen LogP contribution in [0.5, 0.6) is 5.88 Å². The van der Waals surface area contributed by atoms with E-state index in [-0.39, 0.29) is 5.91 Å². The van der Waals surface area contributed by atoms with Crippen LogP contribution in [0.3, 0.4) is 0 Å². The van der Waals surface area contributed by atoms with Crippen LogP contribution in [-0.4, -0.2) is 76.9 Å². The number of amides is 1. The monoisotopic (exact) mass is 469 g/mol. The smallest absolute Gasteiger partial charge is 0.253 e. The lowest BCUT2D eigenvalue weighted by atomic mass is 9.97. The van der Waals surface area contributed by atoms with E-state index in [2.05, 4.69) is 9.88 Å². The molecule has 1 N–H and O–H groups in total. The normalized spacial score (nSPS) is 20.4. The molecule has 4 rings (SSSR count). The molecule has 0 bridgehead atoms. The van der Waals surface area contributed by atoms with E-state index in [9.17, 15) is 14.3 Å². The number of likely N-dealkylation sites (tertiary alicyclic amines) is 2. The highest BCUT2D eigenvalue weighted by Crippen LogP contribution is 2.24. The first-order valence-electron chi connectivity index (χ1n) is 12.3. The number of rotatable bonds is 7. The Morgan fingerprint density at radius 2 is 1.79 bits per heavy atom. The first-order valence-corrected chi connectivity index (χ1v) is 12.3. The van der Waals surface area contributed by atoms with Gasteiger partial charge < -0.3 is 19.6 Å². The van der Waals surface area contributed by atoms with Crippen molar-refractivity contribution < 1.29 is 19.0 Å². The van der Waals surface area contributed by atoms with E-state index in [1.165, 1.54) is 0 Å². The Morgan fingerprint density at radius 3 is 2.41 bits per heavy atom. The molecule has 0 saturated carbocycles.